The summed E-state index contributed by atoms with van der Waals surface area (Å²) in [5.41, 5.74) is 1.74. The maximum absolute atomic E-state index is 12.1. The number of amides is 1. The number of benzene rings is 1. The van der Waals surface area contributed by atoms with Crippen molar-refractivity contribution < 1.29 is 9.90 Å². The first-order valence-electron chi connectivity index (χ1n) is 7.10. The maximum atomic E-state index is 12.1. The number of unbranched alkanes of at least 4 members (excludes halogenated alkanes) is 1. The molecule has 4 nitrogen and oxygen atoms in total. The fourth-order valence-corrected chi connectivity index (χ4v) is 2.19. The summed E-state index contributed by atoms with van der Waals surface area (Å²) in [4.78, 5) is 17.6. The third-order valence-corrected chi connectivity index (χ3v) is 3.37. The van der Waals surface area contributed by atoms with E-state index in [9.17, 15) is 9.90 Å². The number of carbonyl (C=O) groups is 1. The van der Waals surface area contributed by atoms with Crippen LogP contribution in [-0.4, -0.2) is 34.5 Å². The van der Waals surface area contributed by atoms with Crippen LogP contribution in [0, 0.1) is 0 Å². The molecule has 0 bridgehead atoms. The predicted octanol–water partition coefficient (Wildman–Crippen LogP) is 2.88. The summed E-state index contributed by atoms with van der Waals surface area (Å²) in [5, 5.41) is 9.35. The first-order valence-corrected chi connectivity index (χ1v) is 7.10. The quantitative estimate of drug-likeness (QED) is 0.830. The van der Waals surface area contributed by atoms with E-state index in [0.29, 0.717) is 12.1 Å². The number of carbonyl (C=O) groups excluding carboxylic acids is 1. The fraction of sp³-hybridized carbons (Fsp3) is 0.294. The molecular weight excluding hydrogens is 264 g/mol. The van der Waals surface area contributed by atoms with Gasteiger partial charge in [-0.1, -0.05) is 30.3 Å². The van der Waals surface area contributed by atoms with Crippen molar-refractivity contribution in [1.82, 2.24) is 9.88 Å². The normalized spacial score (nSPS) is 10.3. The van der Waals surface area contributed by atoms with Crippen LogP contribution < -0.4 is 0 Å². The molecule has 0 aliphatic carbocycles. The standard InChI is InChI=1S/C17H20N2O2/c1-19(17(21)15-11-16(20)13-18-12-15)10-6-5-9-14-7-3-2-4-8-14/h2-4,7-8,11-13,20H,5-6,9-10H2,1H3. The maximum Gasteiger partial charge on any atom is 0.255 e. The molecule has 4 heteroatoms. The predicted molar refractivity (Wildman–Crippen MR) is 82.2 cm³/mol. The van der Waals surface area contributed by atoms with Gasteiger partial charge in [0.1, 0.15) is 5.75 Å². The highest BCUT2D eigenvalue weighted by Gasteiger charge is 2.12. The van der Waals surface area contributed by atoms with Gasteiger partial charge in [0.05, 0.1) is 11.8 Å². The number of hydrogen-bond acceptors (Lipinski definition) is 3. The van der Waals surface area contributed by atoms with Gasteiger partial charge in [0.2, 0.25) is 0 Å². The molecule has 1 aromatic heterocycles. The molecule has 1 aromatic carbocycles. The number of aryl methyl sites for hydroxylation is 1. The van der Waals surface area contributed by atoms with Gasteiger partial charge in [-0.3, -0.25) is 9.78 Å². The van der Waals surface area contributed by atoms with Crippen LogP contribution in [0.15, 0.2) is 48.8 Å². The third-order valence-electron chi connectivity index (χ3n) is 3.37. The molecule has 0 aliphatic heterocycles. The van der Waals surface area contributed by atoms with E-state index >= 15 is 0 Å². The van der Waals surface area contributed by atoms with E-state index in [1.165, 1.54) is 24.0 Å². The average Bonchev–Trinajstić information content (AvgIpc) is 2.51. The van der Waals surface area contributed by atoms with Crippen LogP contribution >= 0.6 is 0 Å². The molecule has 2 rings (SSSR count). The van der Waals surface area contributed by atoms with Crippen molar-refractivity contribution in [1.29, 1.82) is 0 Å². The van der Waals surface area contributed by atoms with Gasteiger partial charge in [-0.25, -0.2) is 0 Å². The van der Waals surface area contributed by atoms with Crippen LogP contribution in [0.3, 0.4) is 0 Å². The van der Waals surface area contributed by atoms with Crippen molar-refractivity contribution in [2.45, 2.75) is 19.3 Å². The number of pyridine rings is 1. The summed E-state index contributed by atoms with van der Waals surface area (Å²) >= 11 is 0. The van der Waals surface area contributed by atoms with E-state index in [1.54, 1.807) is 11.9 Å². The van der Waals surface area contributed by atoms with Crippen LogP contribution in [0.4, 0.5) is 0 Å². The van der Waals surface area contributed by atoms with Crippen molar-refractivity contribution in [3.63, 3.8) is 0 Å². The van der Waals surface area contributed by atoms with Gasteiger partial charge < -0.3 is 10.0 Å². The highest BCUT2D eigenvalue weighted by Crippen LogP contribution is 2.11. The fourth-order valence-electron chi connectivity index (χ4n) is 2.19. The van der Waals surface area contributed by atoms with Crippen molar-refractivity contribution >= 4 is 5.91 Å². The van der Waals surface area contributed by atoms with E-state index in [0.717, 1.165) is 19.3 Å². The Bertz CT molecular complexity index is 584. The highest BCUT2D eigenvalue weighted by molar-refractivity contribution is 5.94. The Balaban J connectivity index is 1.76. The summed E-state index contributed by atoms with van der Waals surface area (Å²) in [6.45, 7) is 0.696. The van der Waals surface area contributed by atoms with E-state index in [2.05, 4.69) is 17.1 Å². The number of aromatic nitrogens is 1. The molecule has 0 aliphatic rings. The second-order valence-corrected chi connectivity index (χ2v) is 5.10. The Kier molecular flexibility index (Phi) is 5.32. The second kappa shape index (κ2) is 7.43. The Labute approximate surface area is 125 Å². The Morgan fingerprint density at radius 1 is 1.19 bits per heavy atom. The van der Waals surface area contributed by atoms with Crippen LogP contribution in [0.25, 0.3) is 0 Å². The van der Waals surface area contributed by atoms with E-state index < -0.39 is 0 Å². The minimum atomic E-state index is -0.113. The lowest BCUT2D eigenvalue weighted by atomic mass is 10.1. The molecule has 0 saturated carbocycles. The minimum Gasteiger partial charge on any atom is -0.506 e. The molecule has 1 heterocycles. The average molecular weight is 284 g/mol. The van der Waals surface area contributed by atoms with Crippen molar-refractivity contribution in [2.75, 3.05) is 13.6 Å². The number of aromatic hydroxyl groups is 1. The summed E-state index contributed by atoms with van der Waals surface area (Å²) in [6.07, 6.45) is 5.80. The zero-order chi connectivity index (χ0) is 15.1. The molecule has 1 N–H and O–H groups in total. The van der Waals surface area contributed by atoms with Crippen molar-refractivity contribution in [3.8, 4) is 5.75 Å². The molecule has 0 radical (unpaired) electrons. The topological polar surface area (TPSA) is 53.4 Å². The molecule has 1 amide bonds. The lowest BCUT2D eigenvalue weighted by Crippen LogP contribution is -2.27. The van der Waals surface area contributed by atoms with E-state index in [1.807, 2.05) is 18.2 Å². The zero-order valence-corrected chi connectivity index (χ0v) is 12.2. The van der Waals surface area contributed by atoms with E-state index in [-0.39, 0.29) is 11.7 Å². The van der Waals surface area contributed by atoms with Gasteiger partial charge in [0.15, 0.2) is 0 Å². The summed E-state index contributed by atoms with van der Waals surface area (Å²) in [7, 11) is 1.77. The van der Waals surface area contributed by atoms with Crippen molar-refractivity contribution in [3.05, 3.63) is 59.9 Å². The van der Waals surface area contributed by atoms with Gasteiger partial charge in [-0.2, -0.15) is 0 Å². The molecule has 0 atom stereocenters. The van der Waals surface area contributed by atoms with Gasteiger partial charge in [0, 0.05) is 19.8 Å². The zero-order valence-electron chi connectivity index (χ0n) is 12.2. The Morgan fingerprint density at radius 3 is 2.67 bits per heavy atom. The van der Waals surface area contributed by atoms with Gasteiger partial charge in [-0.05, 0) is 30.9 Å². The number of hydrogen-bond donors (Lipinski definition) is 1. The van der Waals surface area contributed by atoms with Crippen LogP contribution in [-0.2, 0) is 6.42 Å². The number of rotatable bonds is 6. The van der Waals surface area contributed by atoms with Gasteiger partial charge in [-0.15, -0.1) is 0 Å². The molecule has 0 spiro atoms. The van der Waals surface area contributed by atoms with Gasteiger partial charge in [0.25, 0.3) is 5.91 Å². The number of nitrogens with zero attached hydrogens (tertiary/aromatic N) is 2. The van der Waals surface area contributed by atoms with E-state index in [4.69, 9.17) is 0 Å². The molecular formula is C17H20N2O2. The second-order valence-electron chi connectivity index (χ2n) is 5.10. The smallest absolute Gasteiger partial charge is 0.255 e. The molecule has 0 fully saturated rings. The first kappa shape index (κ1) is 15.0. The molecule has 2 aromatic rings. The molecule has 110 valence electrons. The van der Waals surface area contributed by atoms with Crippen LogP contribution in [0.2, 0.25) is 0 Å². The lowest BCUT2D eigenvalue weighted by molar-refractivity contribution is 0.0792. The summed E-state index contributed by atoms with van der Waals surface area (Å²) in [5.74, 6) is -0.101. The third kappa shape index (κ3) is 4.60. The first-order chi connectivity index (χ1) is 10.2. The lowest BCUT2D eigenvalue weighted by Gasteiger charge is -2.17. The molecule has 0 saturated heterocycles. The van der Waals surface area contributed by atoms with Crippen molar-refractivity contribution in [2.24, 2.45) is 0 Å². The molecule has 0 unspecified atom stereocenters. The largest absolute Gasteiger partial charge is 0.506 e. The SMILES string of the molecule is CN(CCCCc1ccccc1)C(=O)c1cncc(O)c1. The Hall–Kier alpha value is -2.36. The summed E-state index contributed by atoms with van der Waals surface area (Å²) in [6, 6.07) is 11.8. The van der Waals surface area contributed by atoms with Crippen LogP contribution in [0.5, 0.6) is 5.75 Å². The van der Waals surface area contributed by atoms with Gasteiger partial charge >= 0.3 is 0 Å². The Morgan fingerprint density at radius 2 is 1.95 bits per heavy atom. The highest BCUT2D eigenvalue weighted by atomic mass is 16.3. The summed E-state index contributed by atoms with van der Waals surface area (Å²) < 4.78 is 0. The minimum absolute atomic E-state index is 0.0123. The van der Waals surface area contributed by atoms with Crippen LogP contribution in [0.1, 0.15) is 28.8 Å². The monoisotopic (exact) mass is 284 g/mol. The molecule has 21 heavy (non-hydrogen) atoms.